The molecule has 1 rings (SSSR count). The number of amides is 1. The fraction of sp³-hybridized carbons (Fsp3) is 0.417. The Balaban J connectivity index is 2.74. The number of nitro benzene ring substituents is 1. The van der Waals surface area contributed by atoms with E-state index in [0.29, 0.717) is 23.3 Å². The third-order valence-electron chi connectivity index (χ3n) is 2.53. The first-order chi connectivity index (χ1) is 9.45. The van der Waals surface area contributed by atoms with Crippen LogP contribution >= 0.6 is 15.9 Å². The molecule has 0 saturated carbocycles. The van der Waals surface area contributed by atoms with Crippen molar-refractivity contribution in [2.24, 2.45) is 0 Å². The minimum atomic E-state index is -0.597. The van der Waals surface area contributed by atoms with E-state index in [9.17, 15) is 14.9 Å². The zero-order valence-electron chi connectivity index (χ0n) is 11.2. The number of anilines is 1. The first kappa shape index (κ1) is 16.4. The number of carbonyl (C=O) groups is 1. The summed E-state index contributed by atoms with van der Waals surface area (Å²) in [5.74, 6) is -0.253. The molecule has 110 valence electrons. The first-order valence-corrected chi connectivity index (χ1v) is 6.72. The molecule has 7 nitrogen and oxygen atoms in total. The van der Waals surface area contributed by atoms with Crippen LogP contribution in [0, 0.1) is 10.1 Å². The minimum Gasteiger partial charge on any atom is -0.383 e. The van der Waals surface area contributed by atoms with Crippen molar-refractivity contribution in [3.63, 3.8) is 0 Å². The van der Waals surface area contributed by atoms with Crippen molar-refractivity contribution in [1.82, 2.24) is 5.32 Å². The van der Waals surface area contributed by atoms with Crippen LogP contribution in [0.1, 0.15) is 6.92 Å². The largest absolute Gasteiger partial charge is 0.383 e. The molecule has 0 saturated heterocycles. The second-order valence-corrected chi connectivity index (χ2v) is 4.98. The number of hydrogen-bond donors (Lipinski definition) is 2. The molecular formula is C12H16BrN3O4. The van der Waals surface area contributed by atoms with Crippen molar-refractivity contribution in [3.05, 3.63) is 32.8 Å². The SMILES string of the molecule is COCCNC(=O)C(C)Nc1cc(Br)ccc1[N+](=O)[O-]. The summed E-state index contributed by atoms with van der Waals surface area (Å²) in [6.07, 6.45) is 0. The van der Waals surface area contributed by atoms with E-state index in [1.165, 1.54) is 6.07 Å². The van der Waals surface area contributed by atoms with Gasteiger partial charge in [0.15, 0.2) is 0 Å². The molecule has 0 aliphatic heterocycles. The summed E-state index contributed by atoms with van der Waals surface area (Å²) in [5, 5.41) is 16.4. The molecule has 1 unspecified atom stereocenters. The van der Waals surface area contributed by atoms with Crippen molar-refractivity contribution in [1.29, 1.82) is 0 Å². The Labute approximate surface area is 125 Å². The lowest BCUT2D eigenvalue weighted by molar-refractivity contribution is -0.384. The third-order valence-corrected chi connectivity index (χ3v) is 3.02. The van der Waals surface area contributed by atoms with Gasteiger partial charge in [0.2, 0.25) is 5.91 Å². The predicted molar refractivity (Wildman–Crippen MR) is 78.8 cm³/mol. The van der Waals surface area contributed by atoms with Crippen molar-refractivity contribution in [2.45, 2.75) is 13.0 Å². The van der Waals surface area contributed by atoms with Crippen LogP contribution in [0.15, 0.2) is 22.7 Å². The molecule has 8 heteroatoms. The van der Waals surface area contributed by atoms with Crippen LogP contribution < -0.4 is 10.6 Å². The fourth-order valence-corrected chi connectivity index (χ4v) is 1.87. The number of rotatable bonds is 7. The van der Waals surface area contributed by atoms with E-state index >= 15 is 0 Å². The lowest BCUT2D eigenvalue weighted by Gasteiger charge is -2.15. The summed E-state index contributed by atoms with van der Waals surface area (Å²) in [5.41, 5.74) is 0.212. The van der Waals surface area contributed by atoms with Crippen LogP contribution in [0.4, 0.5) is 11.4 Å². The predicted octanol–water partition coefficient (Wildman–Crippen LogP) is 1.92. The topological polar surface area (TPSA) is 93.5 Å². The molecule has 0 spiro atoms. The van der Waals surface area contributed by atoms with Gasteiger partial charge < -0.3 is 15.4 Å². The first-order valence-electron chi connectivity index (χ1n) is 5.93. The highest BCUT2D eigenvalue weighted by Gasteiger charge is 2.19. The van der Waals surface area contributed by atoms with E-state index < -0.39 is 11.0 Å². The molecule has 1 aromatic carbocycles. The Morgan fingerprint density at radius 3 is 2.85 bits per heavy atom. The molecule has 0 aliphatic rings. The zero-order chi connectivity index (χ0) is 15.1. The molecule has 1 atom stereocenters. The summed E-state index contributed by atoms with van der Waals surface area (Å²) >= 11 is 3.24. The average Bonchev–Trinajstić information content (AvgIpc) is 2.38. The molecule has 0 heterocycles. The normalized spacial score (nSPS) is 11.8. The quantitative estimate of drug-likeness (QED) is 0.447. The number of nitrogens with one attached hydrogen (secondary N) is 2. The maximum atomic E-state index is 11.8. The molecular weight excluding hydrogens is 330 g/mol. The highest BCUT2D eigenvalue weighted by molar-refractivity contribution is 9.10. The van der Waals surface area contributed by atoms with Crippen LogP contribution in [-0.2, 0) is 9.53 Å². The number of carbonyl (C=O) groups excluding carboxylic acids is 1. The van der Waals surface area contributed by atoms with Gasteiger partial charge in [0.25, 0.3) is 5.69 Å². The Bertz CT molecular complexity index is 496. The fourth-order valence-electron chi connectivity index (χ4n) is 1.51. The molecule has 0 aromatic heterocycles. The Morgan fingerprint density at radius 1 is 1.55 bits per heavy atom. The van der Waals surface area contributed by atoms with Crippen LogP contribution in [0.2, 0.25) is 0 Å². The molecule has 0 fully saturated rings. The molecule has 1 amide bonds. The smallest absolute Gasteiger partial charge is 0.292 e. The van der Waals surface area contributed by atoms with E-state index in [0.717, 1.165) is 0 Å². The molecule has 0 aliphatic carbocycles. The second kappa shape index (κ2) is 7.81. The van der Waals surface area contributed by atoms with Gasteiger partial charge in [-0.3, -0.25) is 14.9 Å². The number of halogens is 1. The van der Waals surface area contributed by atoms with Gasteiger partial charge in [0, 0.05) is 24.2 Å². The molecule has 0 radical (unpaired) electrons. The number of ether oxygens (including phenoxy) is 1. The van der Waals surface area contributed by atoms with Gasteiger partial charge in [0.05, 0.1) is 11.5 Å². The number of nitrogens with zero attached hydrogens (tertiary/aromatic N) is 1. The van der Waals surface area contributed by atoms with Crippen LogP contribution in [0.25, 0.3) is 0 Å². The zero-order valence-corrected chi connectivity index (χ0v) is 12.8. The van der Waals surface area contributed by atoms with Crippen molar-refractivity contribution in [3.8, 4) is 0 Å². The maximum absolute atomic E-state index is 11.8. The summed E-state index contributed by atoms with van der Waals surface area (Å²) in [6, 6.07) is 3.92. The maximum Gasteiger partial charge on any atom is 0.292 e. The summed E-state index contributed by atoms with van der Waals surface area (Å²) in [7, 11) is 1.54. The van der Waals surface area contributed by atoms with Gasteiger partial charge in [0.1, 0.15) is 11.7 Å². The lowest BCUT2D eigenvalue weighted by atomic mass is 10.2. The van der Waals surface area contributed by atoms with E-state index in [1.54, 1.807) is 26.2 Å². The van der Waals surface area contributed by atoms with Crippen molar-refractivity contribution < 1.29 is 14.5 Å². The van der Waals surface area contributed by atoms with Gasteiger partial charge in [-0.05, 0) is 19.1 Å². The van der Waals surface area contributed by atoms with Gasteiger partial charge in [-0.1, -0.05) is 15.9 Å². The van der Waals surface area contributed by atoms with Crippen LogP contribution in [0.3, 0.4) is 0 Å². The van der Waals surface area contributed by atoms with E-state index in [2.05, 4.69) is 26.6 Å². The number of nitro groups is 1. The van der Waals surface area contributed by atoms with Crippen LogP contribution in [0.5, 0.6) is 0 Å². The molecule has 0 bridgehead atoms. The number of hydrogen-bond acceptors (Lipinski definition) is 5. The van der Waals surface area contributed by atoms with Gasteiger partial charge in [-0.15, -0.1) is 0 Å². The third kappa shape index (κ3) is 4.78. The highest BCUT2D eigenvalue weighted by atomic mass is 79.9. The Hall–Kier alpha value is -1.67. The Kier molecular flexibility index (Phi) is 6.40. The number of methoxy groups -OCH3 is 1. The van der Waals surface area contributed by atoms with Crippen LogP contribution in [-0.4, -0.2) is 37.1 Å². The van der Waals surface area contributed by atoms with Gasteiger partial charge >= 0.3 is 0 Å². The second-order valence-electron chi connectivity index (χ2n) is 4.07. The molecule has 20 heavy (non-hydrogen) atoms. The van der Waals surface area contributed by atoms with Gasteiger partial charge in [-0.2, -0.15) is 0 Å². The minimum absolute atomic E-state index is 0.0789. The van der Waals surface area contributed by atoms with Crippen molar-refractivity contribution in [2.75, 3.05) is 25.6 Å². The standard InChI is InChI=1S/C12H16BrN3O4/c1-8(12(17)14-5-6-20-2)15-10-7-9(13)3-4-11(10)16(18)19/h3-4,7-8,15H,5-6H2,1-2H3,(H,14,17). The Morgan fingerprint density at radius 2 is 2.25 bits per heavy atom. The summed E-state index contributed by atoms with van der Waals surface area (Å²) < 4.78 is 5.52. The monoisotopic (exact) mass is 345 g/mol. The van der Waals surface area contributed by atoms with E-state index in [4.69, 9.17) is 4.74 Å². The lowest BCUT2D eigenvalue weighted by Crippen LogP contribution is -2.39. The number of benzene rings is 1. The summed E-state index contributed by atoms with van der Waals surface area (Å²) in [6.45, 7) is 2.43. The van der Waals surface area contributed by atoms with E-state index in [-0.39, 0.29) is 11.6 Å². The van der Waals surface area contributed by atoms with Crippen molar-refractivity contribution >= 4 is 33.2 Å². The molecule has 2 N–H and O–H groups in total. The molecule has 1 aromatic rings. The van der Waals surface area contributed by atoms with E-state index in [1.807, 2.05) is 0 Å². The average molecular weight is 346 g/mol. The van der Waals surface area contributed by atoms with Gasteiger partial charge in [-0.25, -0.2) is 0 Å². The summed E-state index contributed by atoms with van der Waals surface area (Å²) in [4.78, 5) is 22.2. The highest BCUT2D eigenvalue weighted by Crippen LogP contribution is 2.28.